The molecule has 3 N–H and O–H groups in total. The molecule has 0 radical (unpaired) electrons. The Morgan fingerprint density at radius 2 is 1.51 bits per heavy atom. The largest absolute Gasteiger partial charge is 0.321 e. The summed E-state index contributed by atoms with van der Waals surface area (Å²) in [4.78, 5) is 52.1. The maximum absolute atomic E-state index is 13.4. The molecule has 1 aliphatic heterocycles. The lowest BCUT2D eigenvalue weighted by Gasteiger charge is -2.13. The molecule has 1 aliphatic rings. The van der Waals surface area contributed by atoms with Gasteiger partial charge >= 0.3 is 0 Å². The molecule has 0 unspecified atom stereocenters. The van der Waals surface area contributed by atoms with E-state index < -0.39 is 11.8 Å². The number of benzene rings is 4. The third kappa shape index (κ3) is 8.39. The predicted molar refractivity (Wildman–Crippen MR) is 178 cm³/mol. The first kappa shape index (κ1) is 31.5. The molecular weight excluding hydrogens is 633 g/mol. The Hall–Kier alpha value is -4.90. The Labute approximate surface area is 273 Å². The highest BCUT2D eigenvalue weighted by Gasteiger charge is 2.26. The fraction of sp³-hybridized carbons (Fsp3) is 0.0606. The molecule has 0 saturated carbocycles. The molecule has 0 atom stereocenters. The quantitative estimate of drug-likeness (QED) is 0.143. The van der Waals surface area contributed by atoms with E-state index in [-0.39, 0.29) is 35.5 Å². The van der Waals surface area contributed by atoms with Crippen LogP contribution in [0.4, 0.5) is 11.4 Å². The summed E-state index contributed by atoms with van der Waals surface area (Å²) in [5.74, 6) is -1.36. The van der Waals surface area contributed by atoms with Crippen LogP contribution in [0.1, 0.15) is 22.3 Å². The van der Waals surface area contributed by atoms with E-state index >= 15 is 0 Å². The first-order chi connectivity index (χ1) is 21.8. The standard InChI is InChI=1S/C33H25Cl2N5O4S/c34-26-15-8-16-27(35)25(26)18-28(37-32(43)21-9-3-1-4-10-21)33(44)36-22-11-7-14-24(17-22)45-20-30(41)38-29-19-31(42)40(39-29)23-12-5-2-6-13-23/h1-18H,19-20H2,(H,36,44)(H,37,43)(H,38,39,41)/b28-18+. The highest BCUT2D eigenvalue weighted by molar-refractivity contribution is 8.00. The number of thioether (sulfide) groups is 1. The van der Waals surface area contributed by atoms with Gasteiger partial charge in [0.05, 0.1) is 17.9 Å². The van der Waals surface area contributed by atoms with Gasteiger partial charge in [0.2, 0.25) is 5.91 Å². The van der Waals surface area contributed by atoms with Gasteiger partial charge in [0.1, 0.15) is 11.5 Å². The van der Waals surface area contributed by atoms with Crippen molar-refractivity contribution in [2.24, 2.45) is 5.10 Å². The van der Waals surface area contributed by atoms with E-state index in [2.05, 4.69) is 21.1 Å². The summed E-state index contributed by atoms with van der Waals surface area (Å²) in [7, 11) is 0. The third-order valence-corrected chi connectivity index (χ3v) is 7.99. The minimum Gasteiger partial charge on any atom is -0.321 e. The summed E-state index contributed by atoms with van der Waals surface area (Å²) in [6.45, 7) is 0. The molecule has 5 rings (SSSR count). The van der Waals surface area contributed by atoms with Gasteiger partial charge in [-0.15, -0.1) is 11.8 Å². The number of hydrogen-bond donors (Lipinski definition) is 3. The Kier molecular flexibility index (Phi) is 10.3. The second-order valence-corrected chi connectivity index (χ2v) is 11.5. The number of carbonyl (C=O) groups excluding carboxylic acids is 4. The van der Waals surface area contributed by atoms with Crippen LogP contribution in [0.3, 0.4) is 0 Å². The van der Waals surface area contributed by atoms with Gasteiger partial charge in [0.25, 0.3) is 17.7 Å². The van der Waals surface area contributed by atoms with Crippen molar-refractivity contribution in [2.75, 3.05) is 16.1 Å². The highest BCUT2D eigenvalue weighted by Crippen LogP contribution is 2.27. The zero-order valence-corrected chi connectivity index (χ0v) is 25.8. The van der Waals surface area contributed by atoms with E-state index in [4.69, 9.17) is 23.2 Å². The SMILES string of the molecule is O=C(CSc1cccc(NC(=O)/C(=C\c2c(Cl)cccc2Cl)NC(=O)c2ccccc2)c1)NC1=NN(c2ccccc2)C(=O)C1. The van der Waals surface area contributed by atoms with E-state index in [1.165, 1.54) is 22.8 Å². The van der Waals surface area contributed by atoms with Crippen molar-refractivity contribution in [1.82, 2.24) is 10.6 Å². The molecule has 45 heavy (non-hydrogen) atoms. The normalized spacial score (nSPS) is 12.8. The number of hydrogen-bond acceptors (Lipinski definition) is 6. The lowest BCUT2D eigenvalue weighted by molar-refractivity contribution is -0.117. The van der Waals surface area contributed by atoms with Crippen LogP contribution in [0, 0.1) is 0 Å². The zero-order valence-electron chi connectivity index (χ0n) is 23.5. The van der Waals surface area contributed by atoms with E-state index in [0.717, 1.165) is 0 Å². The molecule has 4 aromatic rings. The van der Waals surface area contributed by atoms with Crippen LogP contribution < -0.4 is 21.0 Å². The van der Waals surface area contributed by atoms with E-state index in [1.807, 2.05) is 6.07 Å². The highest BCUT2D eigenvalue weighted by atomic mass is 35.5. The lowest BCUT2D eigenvalue weighted by atomic mass is 10.1. The Morgan fingerprint density at radius 1 is 0.844 bits per heavy atom. The van der Waals surface area contributed by atoms with Gasteiger partial charge in [-0.05, 0) is 60.7 Å². The summed E-state index contributed by atoms with van der Waals surface area (Å²) < 4.78 is 0. The Bertz CT molecular complexity index is 1800. The summed E-state index contributed by atoms with van der Waals surface area (Å²) >= 11 is 13.9. The number of hydrazone groups is 1. The molecule has 4 aromatic carbocycles. The van der Waals surface area contributed by atoms with Crippen LogP contribution in [0.2, 0.25) is 10.0 Å². The molecule has 226 valence electrons. The molecule has 4 amide bonds. The van der Waals surface area contributed by atoms with Gasteiger partial charge in [0, 0.05) is 31.8 Å². The maximum Gasteiger partial charge on any atom is 0.272 e. The molecule has 0 spiro atoms. The first-order valence-electron chi connectivity index (χ1n) is 13.6. The third-order valence-electron chi connectivity index (χ3n) is 6.34. The summed E-state index contributed by atoms with van der Waals surface area (Å²) in [6, 6.07) is 29.2. The molecule has 0 aliphatic carbocycles. The van der Waals surface area contributed by atoms with Crippen molar-refractivity contribution >= 4 is 81.9 Å². The summed E-state index contributed by atoms with van der Waals surface area (Å²) in [6.07, 6.45) is 1.40. The van der Waals surface area contributed by atoms with Crippen molar-refractivity contribution in [3.8, 4) is 0 Å². The van der Waals surface area contributed by atoms with Crippen LogP contribution in [0.5, 0.6) is 0 Å². The fourth-order valence-corrected chi connectivity index (χ4v) is 5.47. The van der Waals surface area contributed by atoms with Crippen molar-refractivity contribution in [3.63, 3.8) is 0 Å². The fourth-order valence-electron chi connectivity index (χ4n) is 4.21. The molecule has 0 fully saturated rings. The van der Waals surface area contributed by atoms with Gasteiger partial charge in [-0.2, -0.15) is 10.1 Å². The van der Waals surface area contributed by atoms with Crippen LogP contribution >= 0.6 is 35.0 Å². The zero-order chi connectivity index (χ0) is 31.8. The number of rotatable bonds is 9. The van der Waals surface area contributed by atoms with Crippen LogP contribution in [-0.2, 0) is 14.4 Å². The average molecular weight is 659 g/mol. The molecule has 1 heterocycles. The van der Waals surface area contributed by atoms with Crippen LogP contribution in [-0.4, -0.2) is 35.2 Å². The Balaban J connectivity index is 1.25. The van der Waals surface area contributed by atoms with Crippen molar-refractivity contribution in [2.45, 2.75) is 11.3 Å². The molecular formula is C33H25Cl2N5O4S. The maximum atomic E-state index is 13.4. The number of nitrogens with zero attached hydrogens (tertiary/aromatic N) is 2. The van der Waals surface area contributed by atoms with Gasteiger partial charge in [-0.1, -0.05) is 71.7 Å². The number of nitrogens with one attached hydrogen (secondary N) is 3. The van der Waals surface area contributed by atoms with Crippen LogP contribution in [0.25, 0.3) is 6.08 Å². The number of para-hydroxylation sites is 1. The van der Waals surface area contributed by atoms with Gasteiger partial charge in [-0.25, -0.2) is 0 Å². The van der Waals surface area contributed by atoms with Gasteiger partial charge in [-0.3, -0.25) is 19.2 Å². The smallest absolute Gasteiger partial charge is 0.272 e. The number of carbonyl (C=O) groups is 4. The molecule has 0 aromatic heterocycles. The molecule has 12 heteroatoms. The van der Waals surface area contributed by atoms with Crippen molar-refractivity contribution in [1.29, 1.82) is 0 Å². The molecule has 0 saturated heterocycles. The second kappa shape index (κ2) is 14.7. The van der Waals surface area contributed by atoms with E-state index in [0.29, 0.717) is 37.4 Å². The van der Waals surface area contributed by atoms with Crippen LogP contribution in [0.15, 0.2) is 119 Å². The summed E-state index contributed by atoms with van der Waals surface area (Å²) in [5.41, 5.74) is 1.70. The molecule has 0 bridgehead atoms. The number of anilines is 2. The number of amidine groups is 1. The van der Waals surface area contributed by atoms with Crippen molar-refractivity contribution in [3.05, 3.63) is 130 Å². The minimum atomic E-state index is -0.609. The second-order valence-electron chi connectivity index (χ2n) is 9.60. The van der Waals surface area contributed by atoms with E-state index in [1.54, 1.807) is 97.1 Å². The average Bonchev–Trinajstić information content (AvgIpc) is 3.41. The number of amides is 4. The monoisotopic (exact) mass is 657 g/mol. The lowest BCUT2D eigenvalue weighted by Crippen LogP contribution is -2.31. The minimum absolute atomic E-state index is 0.0110. The Morgan fingerprint density at radius 3 is 2.22 bits per heavy atom. The molecule has 9 nitrogen and oxygen atoms in total. The summed E-state index contributed by atoms with van der Waals surface area (Å²) in [5, 5.41) is 14.2. The van der Waals surface area contributed by atoms with Crippen molar-refractivity contribution < 1.29 is 19.2 Å². The first-order valence-corrected chi connectivity index (χ1v) is 15.3. The van der Waals surface area contributed by atoms with Gasteiger partial charge in [0.15, 0.2) is 0 Å². The predicted octanol–water partition coefficient (Wildman–Crippen LogP) is 6.36. The van der Waals surface area contributed by atoms with E-state index in [9.17, 15) is 19.2 Å². The van der Waals surface area contributed by atoms with Gasteiger partial charge < -0.3 is 16.0 Å². The topological polar surface area (TPSA) is 120 Å². The number of halogens is 2.